The van der Waals surface area contributed by atoms with E-state index in [-0.39, 0.29) is 12.5 Å². The molecule has 0 bridgehead atoms. The second-order valence-electron chi connectivity index (χ2n) is 3.99. The number of methoxy groups -OCH3 is 1. The van der Waals surface area contributed by atoms with Gasteiger partial charge in [-0.3, -0.25) is 10.2 Å². The molecule has 2 rings (SSSR count). The largest absolute Gasteiger partial charge is 0.497 e. The molecule has 1 aromatic rings. The third-order valence-corrected chi connectivity index (χ3v) is 2.66. The van der Waals surface area contributed by atoms with Crippen LogP contribution in [0.5, 0.6) is 5.75 Å². The Bertz CT molecular complexity index is 461. The summed E-state index contributed by atoms with van der Waals surface area (Å²) in [7, 11) is 1.58. The average molecular weight is 265 g/mol. The molecule has 1 aromatic carbocycles. The summed E-state index contributed by atoms with van der Waals surface area (Å²) in [5, 5.41) is 2.46. The van der Waals surface area contributed by atoms with Crippen LogP contribution in [0.4, 0.5) is 4.79 Å². The molecule has 3 N–H and O–H groups in total. The van der Waals surface area contributed by atoms with Crippen LogP contribution < -0.4 is 20.9 Å². The van der Waals surface area contributed by atoms with Crippen molar-refractivity contribution in [1.29, 1.82) is 0 Å². The van der Waals surface area contributed by atoms with Gasteiger partial charge in [-0.15, -0.1) is 0 Å². The Morgan fingerprint density at radius 3 is 2.74 bits per heavy atom. The number of carbonyl (C=O) groups excluding carboxylic acids is 2. The van der Waals surface area contributed by atoms with E-state index in [1.807, 2.05) is 0 Å². The zero-order valence-corrected chi connectivity index (χ0v) is 10.4. The molecule has 0 radical (unpaired) electrons. The Kier molecular flexibility index (Phi) is 4.19. The van der Waals surface area contributed by atoms with Gasteiger partial charge in [-0.1, -0.05) is 12.1 Å². The fourth-order valence-corrected chi connectivity index (χ4v) is 1.59. The summed E-state index contributed by atoms with van der Waals surface area (Å²) in [6, 6.07) is 6.57. The van der Waals surface area contributed by atoms with Crippen molar-refractivity contribution < 1.29 is 19.1 Å². The minimum atomic E-state index is -0.625. The van der Waals surface area contributed by atoms with Gasteiger partial charge in [0.2, 0.25) is 0 Å². The van der Waals surface area contributed by atoms with E-state index in [9.17, 15) is 9.59 Å². The number of ether oxygens (including phenoxy) is 2. The minimum Gasteiger partial charge on any atom is -0.497 e. The summed E-state index contributed by atoms with van der Waals surface area (Å²) >= 11 is 0. The lowest BCUT2D eigenvalue weighted by atomic mass is 10.2. The molecule has 7 nitrogen and oxygen atoms in total. The van der Waals surface area contributed by atoms with Gasteiger partial charge in [0.15, 0.2) is 0 Å². The van der Waals surface area contributed by atoms with Crippen LogP contribution in [0.15, 0.2) is 24.3 Å². The van der Waals surface area contributed by atoms with Crippen LogP contribution in [0.3, 0.4) is 0 Å². The minimum absolute atomic E-state index is 0.137. The zero-order valence-electron chi connectivity index (χ0n) is 10.4. The maximum Gasteiger partial charge on any atom is 0.408 e. The van der Waals surface area contributed by atoms with Gasteiger partial charge in [0.05, 0.1) is 7.11 Å². The lowest BCUT2D eigenvalue weighted by molar-refractivity contribution is -0.121. The molecule has 1 heterocycles. The van der Waals surface area contributed by atoms with Crippen LogP contribution in [-0.4, -0.2) is 31.7 Å². The van der Waals surface area contributed by atoms with Gasteiger partial charge in [-0.25, -0.2) is 10.2 Å². The van der Waals surface area contributed by atoms with Gasteiger partial charge in [-0.2, -0.15) is 0 Å². The highest BCUT2D eigenvalue weighted by molar-refractivity contribution is 5.87. The molecule has 7 heteroatoms. The molecule has 1 atom stereocenters. The van der Waals surface area contributed by atoms with Crippen LogP contribution in [-0.2, 0) is 16.1 Å². The standard InChI is InChI=1S/C12H15N3O4/c1-18-9-4-2-8(3-5-9)7-19-12(17)14-10-6-13-15-11(10)16/h2-5,10,13H,6-7H2,1H3,(H,14,17)(H,15,16)/t10-/m1/s1. The highest BCUT2D eigenvalue weighted by atomic mass is 16.5. The predicted octanol–water partition coefficient (Wildman–Crippen LogP) is -0.0756. The summed E-state index contributed by atoms with van der Waals surface area (Å²) < 4.78 is 10.0. The zero-order chi connectivity index (χ0) is 13.7. The van der Waals surface area contributed by atoms with Crippen molar-refractivity contribution in [1.82, 2.24) is 16.2 Å². The van der Waals surface area contributed by atoms with E-state index in [1.165, 1.54) is 0 Å². The van der Waals surface area contributed by atoms with E-state index < -0.39 is 12.1 Å². The quantitative estimate of drug-likeness (QED) is 0.709. The number of nitrogens with one attached hydrogen (secondary N) is 3. The highest BCUT2D eigenvalue weighted by Gasteiger charge is 2.25. The van der Waals surface area contributed by atoms with Crippen molar-refractivity contribution in [2.75, 3.05) is 13.7 Å². The number of alkyl carbamates (subject to hydrolysis) is 1. The van der Waals surface area contributed by atoms with Gasteiger partial charge >= 0.3 is 6.09 Å². The smallest absolute Gasteiger partial charge is 0.408 e. The van der Waals surface area contributed by atoms with Crippen LogP contribution in [0.25, 0.3) is 0 Å². The molecule has 19 heavy (non-hydrogen) atoms. The van der Waals surface area contributed by atoms with Crippen molar-refractivity contribution >= 4 is 12.0 Å². The van der Waals surface area contributed by atoms with Crippen molar-refractivity contribution in [2.45, 2.75) is 12.6 Å². The molecule has 0 saturated carbocycles. The normalized spacial score (nSPS) is 17.7. The molecule has 1 fully saturated rings. The molecular weight excluding hydrogens is 250 g/mol. The number of hydrogen-bond donors (Lipinski definition) is 3. The van der Waals surface area contributed by atoms with Crippen LogP contribution in [0.1, 0.15) is 5.56 Å². The number of rotatable bonds is 4. The van der Waals surface area contributed by atoms with Crippen LogP contribution in [0.2, 0.25) is 0 Å². The summed E-state index contributed by atoms with van der Waals surface area (Å²) in [4.78, 5) is 22.7. The molecule has 1 aliphatic rings. The average Bonchev–Trinajstić information content (AvgIpc) is 2.82. The first kappa shape index (κ1) is 13.2. The molecule has 0 spiro atoms. The summed E-state index contributed by atoms with van der Waals surface area (Å²) in [5.74, 6) is 0.461. The molecule has 0 aliphatic carbocycles. The van der Waals surface area contributed by atoms with E-state index >= 15 is 0 Å². The van der Waals surface area contributed by atoms with Gasteiger partial charge in [0.25, 0.3) is 5.91 Å². The second kappa shape index (κ2) is 6.05. The summed E-state index contributed by atoms with van der Waals surface area (Å²) in [6.45, 7) is 0.480. The second-order valence-corrected chi connectivity index (χ2v) is 3.99. The first-order valence-corrected chi connectivity index (χ1v) is 5.78. The first-order valence-electron chi connectivity index (χ1n) is 5.78. The van der Waals surface area contributed by atoms with Gasteiger partial charge in [0.1, 0.15) is 18.4 Å². The van der Waals surface area contributed by atoms with Gasteiger partial charge < -0.3 is 14.8 Å². The number of amides is 2. The van der Waals surface area contributed by atoms with Crippen molar-refractivity contribution in [2.24, 2.45) is 0 Å². The first-order chi connectivity index (χ1) is 9.19. The van der Waals surface area contributed by atoms with Crippen molar-refractivity contribution in [3.63, 3.8) is 0 Å². The Labute approximate surface area is 110 Å². The molecular formula is C12H15N3O4. The SMILES string of the molecule is COc1ccc(COC(=O)N[C@@H]2CNNC2=O)cc1. The van der Waals surface area contributed by atoms with E-state index in [0.29, 0.717) is 6.54 Å². The fraction of sp³-hybridized carbons (Fsp3) is 0.333. The predicted molar refractivity (Wildman–Crippen MR) is 66.2 cm³/mol. The molecule has 1 saturated heterocycles. The van der Waals surface area contributed by atoms with E-state index in [2.05, 4.69) is 16.2 Å². The number of benzene rings is 1. The Morgan fingerprint density at radius 1 is 1.42 bits per heavy atom. The van der Waals surface area contributed by atoms with Crippen molar-refractivity contribution in [3.8, 4) is 5.75 Å². The Hall–Kier alpha value is -2.28. The molecule has 102 valence electrons. The fourth-order valence-electron chi connectivity index (χ4n) is 1.59. The number of hydrazine groups is 1. The van der Waals surface area contributed by atoms with E-state index in [1.54, 1.807) is 31.4 Å². The highest BCUT2D eigenvalue weighted by Crippen LogP contribution is 2.11. The maximum atomic E-state index is 11.5. The number of hydrogen-bond acceptors (Lipinski definition) is 5. The molecule has 0 aromatic heterocycles. The maximum absolute atomic E-state index is 11.5. The molecule has 1 aliphatic heterocycles. The Morgan fingerprint density at radius 2 is 2.16 bits per heavy atom. The van der Waals surface area contributed by atoms with E-state index in [0.717, 1.165) is 11.3 Å². The summed E-state index contributed by atoms with van der Waals surface area (Å²) in [6.07, 6.45) is -0.625. The van der Waals surface area contributed by atoms with Crippen LogP contribution >= 0.6 is 0 Å². The lowest BCUT2D eigenvalue weighted by Gasteiger charge is -2.10. The monoisotopic (exact) mass is 265 g/mol. The Balaban J connectivity index is 1.77. The molecule has 0 unspecified atom stereocenters. The topological polar surface area (TPSA) is 88.7 Å². The van der Waals surface area contributed by atoms with Crippen molar-refractivity contribution in [3.05, 3.63) is 29.8 Å². The molecule has 2 amide bonds. The van der Waals surface area contributed by atoms with Gasteiger partial charge in [-0.05, 0) is 17.7 Å². The van der Waals surface area contributed by atoms with E-state index in [4.69, 9.17) is 9.47 Å². The third kappa shape index (κ3) is 3.59. The summed E-state index contributed by atoms with van der Waals surface area (Å²) in [5.41, 5.74) is 5.86. The number of carbonyl (C=O) groups is 2. The lowest BCUT2D eigenvalue weighted by Crippen LogP contribution is -2.41. The van der Waals surface area contributed by atoms with Crippen LogP contribution in [0, 0.1) is 0 Å². The van der Waals surface area contributed by atoms with Gasteiger partial charge in [0, 0.05) is 6.54 Å². The third-order valence-electron chi connectivity index (χ3n) is 2.66.